The Labute approximate surface area is 153 Å². The molecule has 1 unspecified atom stereocenters. The van der Waals surface area contributed by atoms with Crippen LogP contribution in [0.5, 0.6) is 0 Å². The van der Waals surface area contributed by atoms with Crippen LogP contribution >= 0.6 is 0 Å². The van der Waals surface area contributed by atoms with Gasteiger partial charge in [-0.1, -0.05) is 30.3 Å². The number of benzene rings is 1. The summed E-state index contributed by atoms with van der Waals surface area (Å²) in [5, 5.41) is 11.5. The predicted octanol–water partition coefficient (Wildman–Crippen LogP) is 1.64. The zero-order valence-corrected chi connectivity index (χ0v) is 15.1. The second kappa shape index (κ2) is 9.43. The molecular formula is C19H27NO6. The largest absolute Gasteiger partial charge is 0.383 e. The Balaban J connectivity index is 1.56. The molecule has 2 saturated heterocycles. The fourth-order valence-electron chi connectivity index (χ4n) is 3.45. The first-order valence-corrected chi connectivity index (χ1v) is 9.09. The Morgan fingerprint density at radius 2 is 2.08 bits per heavy atom. The molecule has 2 fully saturated rings. The first-order chi connectivity index (χ1) is 12.7. The zero-order chi connectivity index (χ0) is 18.4. The molecule has 0 aromatic heterocycles. The van der Waals surface area contributed by atoms with E-state index in [-0.39, 0.29) is 30.9 Å². The van der Waals surface area contributed by atoms with Gasteiger partial charge in [-0.15, -0.1) is 0 Å². The zero-order valence-electron chi connectivity index (χ0n) is 15.1. The molecule has 1 aromatic carbocycles. The van der Waals surface area contributed by atoms with Gasteiger partial charge in [-0.25, -0.2) is 5.06 Å². The van der Waals surface area contributed by atoms with Crippen LogP contribution in [0.4, 0.5) is 0 Å². The molecule has 2 heterocycles. The second-order valence-electron chi connectivity index (χ2n) is 6.73. The molecule has 4 atom stereocenters. The summed E-state index contributed by atoms with van der Waals surface area (Å²) in [6.45, 7) is 1.19. The van der Waals surface area contributed by atoms with Crippen molar-refractivity contribution in [3.8, 4) is 0 Å². The number of hydrogen-bond donors (Lipinski definition) is 1. The Morgan fingerprint density at radius 1 is 1.27 bits per heavy atom. The first kappa shape index (κ1) is 19.3. The number of aliphatic hydroxyl groups excluding tert-OH is 1. The monoisotopic (exact) mass is 365 g/mol. The maximum atomic E-state index is 12.3. The summed E-state index contributed by atoms with van der Waals surface area (Å²) in [6.07, 6.45) is 1.15. The van der Waals surface area contributed by atoms with Gasteiger partial charge < -0.3 is 19.3 Å². The number of hydrogen-bond acceptors (Lipinski definition) is 6. The lowest BCUT2D eigenvalue weighted by Crippen LogP contribution is -2.60. The van der Waals surface area contributed by atoms with Crippen molar-refractivity contribution in [3.63, 3.8) is 0 Å². The average Bonchev–Trinajstić information content (AvgIpc) is 2.68. The molecule has 0 saturated carbocycles. The number of ether oxygens (including phenoxy) is 3. The Bertz CT molecular complexity index is 568. The molecule has 1 amide bonds. The highest BCUT2D eigenvalue weighted by Crippen LogP contribution is 2.32. The van der Waals surface area contributed by atoms with Crippen LogP contribution in [-0.2, 0) is 30.4 Å². The molecule has 0 bridgehead atoms. The van der Waals surface area contributed by atoms with Gasteiger partial charge in [-0.3, -0.25) is 9.63 Å². The molecule has 2 aliphatic rings. The number of rotatable bonds is 8. The number of nitrogens with zero attached hydrogens (tertiary/aromatic N) is 1. The van der Waals surface area contributed by atoms with Crippen LogP contribution in [0.1, 0.15) is 31.2 Å². The van der Waals surface area contributed by atoms with Crippen LogP contribution in [0.25, 0.3) is 0 Å². The van der Waals surface area contributed by atoms with Crippen molar-refractivity contribution in [2.45, 2.75) is 56.6 Å². The van der Waals surface area contributed by atoms with Gasteiger partial charge in [0.15, 0.2) is 0 Å². The topological polar surface area (TPSA) is 77.5 Å². The number of piperidine rings is 1. The van der Waals surface area contributed by atoms with Crippen molar-refractivity contribution in [2.24, 2.45) is 0 Å². The Kier molecular flexibility index (Phi) is 6.99. The highest BCUT2D eigenvalue weighted by atomic mass is 16.7. The average molecular weight is 365 g/mol. The molecule has 2 aliphatic heterocycles. The quantitative estimate of drug-likeness (QED) is 0.557. The summed E-state index contributed by atoms with van der Waals surface area (Å²) >= 11 is 0. The van der Waals surface area contributed by atoms with E-state index >= 15 is 0 Å². The van der Waals surface area contributed by atoms with Gasteiger partial charge in [0, 0.05) is 13.5 Å². The van der Waals surface area contributed by atoms with Crippen LogP contribution in [0.3, 0.4) is 0 Å². The summed E-state index contributed by atoms with van der Waals surface area (Å²) in [6, 6.07) is 9.71. The number of hydroxylamine groups is 2. The third-order valence-electron chi connectivity index (χ3n) is 4.83. The minimum absolute atomic E-state index is 0.105. The lowest BCUT2D eigenvalue weighted by molar-refractivity contribution is -0.277. The number of amides is 1. The third kappa shape index (κ3) is 4.81. The van der Waals surface area contributed by atoms with E-state index in [1.165, 1.54) is 5.06 Å². The van der Waals surface area contributed by atoms with Gasteiger partial charge in [0.25, 0.3) is 5.91 Å². The fourth-order valence-corrected chi connectivity index (χ4v) is 3.45. The van der Waals surface area contributed by atoms with Crippen molar-refractivity contribution < 1.29 is 28.9 Å². The normalized spacial score (nSPS) is 28.8. The first-order valence-electron chi connectivity index (χ1n) is 9.09. The van der Waals surface area contributed by atoms with Crippen molar-refractivity contribution in [3.05, 3.63) is 35.9 Å². The van der Waals surface area contributed by atoms with E-state index in [0.717, 1.165) is 18.4 Å². The number of methoxy groups -OCH3 is 1. The van der Waals surface area contributed by atoms with Crippen molar-refractivity contribution in [1.29, 1.82) is 0 Å². The molecule has 3 rings (SSSR count). The molecule has 1 aromatic rings. The van der Waals surface area contributed by atoms with Gasteiger partial charge >= 0.3 is 0 Å². The lowest BCUT2D eigenvalue weighted by atomic mass is 9.91. The second-order valence-corrected chi connectivity index (χ2v) is 6.73. The molecule has 0 spiro atoms. The van der Waals surface area contributed by atoms with Crippen molar-refractivity contribution in [2.75, 3.05) is 20.5 Å². The summed E-state index contributed by atoms with van der Waals surface area (Å²) < 4.78 is 16.2. The molecule has 144 valence electrons. The Morgan fingerprint density at radius 3 is 2.85 bits per heavy atom. The number of fused-ring (bicyclic) bond motifs is 1. The maximum Gasteiger partial charge on any atom is 0.275 e. The van der Waals surface area contributed by atoms with Gasteiger partial charge in [0.2, 0.25) is 0 Å². The fraction of sp³-hybridized carbons (Fsp3) is 0.632. The number of carbonyl (C=O) groups is 1. The number of carbonyl (C=O) groups excluding carboxylic acids is 1. The van der Waals surface area contributed by atoms with E-state index < -0.39 is 6.10 Å². The van der Waals surface area contributed by atoms with Crippen LogP contribution in [0.15, 0.2) is 30.3 Å². The minimum Gasteiger partial charge on any atom is -0.383 e. The van der Waals surface area contributed by atoms with E-state index in [9.17, 15) is 9.90 Å². The Hall–Kier alpha value is -1.51. The minimum atomic E-state index is -1.09. The van der Waals surface area contributed by atoms with Gasteiger partial charge in [-0.05, 0) is 24.8 Å². The summed E-state index contributed by atoms with van der Waals surface area (Å²) in [5.74, 6) is -0.378. The van der Waals surface area contributed by atoms with Crippen LogP contribution in [0, 0.1) is 0 Å². The van der Waals surface area contributed by atoms with E-state index in [1.54, 1.807) is 7.11 Å². The van der Waals surface area contributed by atoms with Crippen LogP contribution in [-0.4, -0.2) is 60.9 Å². The number of aliphatic hydroxyl groups is 1. The molecule has 7 heteroatoms. The molecule has 0 aliphatic carbocycles. The predicted molar refractivity (Wildman–Crippen MR) is 92.8 cm³/mol. The highest BCUT2D eigenvalue weighted by Gasteiger charge is 2.45. The molecule has 26 heavy (non-hydrogen) atoms. The van der Waals surface area contributed by atoms with E-state index in [0.29, 0.717) is 26.1 Å². The molecule has 1 N–H and O–H groups in total. The van der Waals surface area contributed by atoms with Crippen molar-refractivity contribution in [1.82, 2.24) is 5.06 Å². The molecule has 0 radical (unpaired) electrons. The van der Waals surface area contributed by atoms with Gasteiger partial charge in [0.1, 0.15) is 12.9 Å². The molecule has 7 nitrogen and oxygen atoms in total. The van der Waals surface area contributed by atoms with Crippen LogP contribution in [0.2, 0.25) is 0 Å². The van der Waals surface area contributed by atoms with E-state index in [1.807, 2.05) is 30.3 Å². The summed E-state index contributed by atoms with van der Waals surface area (Å²) in [7, 11) is 1.57. The standard InChI is InChI=1S/C19H27NO6/c1-23-13-24-10-9-15-7-8-16-18(11-17(21)19(22)20(16)26-15)25-12-14-5-3-2-4-6-14/h2-6,15-18,21H,7-13H2,1H3/t15-,16?,17+,18-/m0/s1. The van der Waals surface area contributed by atoms with E-state index in [4.69, 9.17) is 19.0 Å². The van der Waals surface area contributed by atoms with Gasteiger partial charge in [0.05, 0.1) is 31.5 Å². The van der Waals surface area contributed by atoms with Crippen LogP contribution < -0.4 is 0 Å². The summed E-state index contributed by atoms with van der Waals surface area (Å²) in [4.78, 5) is 18.2. The summed E-state index contributed by atoms with van der Waals surface area (Å²) in [5.41, 5.74) is 1.07. The van der Waals surface area contributed by atoms with Gasteiger partial charge in [-0.2, -0.15) is 0 Å². The van der Waals surface area contributed by atoms with Crippen molar-refractivity contribution >= 4 is 5.91 Å². The smallest absolute Gasteiger partial charge is 0.275 e. The third-order valence-corrected chi connectivity index (χ3v) is 4.83. The lowest BCUT2D eigenvalue weighted by Gasteiger charge is -2.46. The SMILES string of the molecule is COCOCC[C@@H]1CCC2[C@@H](OCc3ccccc3)C[C@@H](O)C(=O)N2O1. The molecular weight excluding hydrogens is 338 g/mol. The van der Waals surface area contributed by atoms with E-state index in [2.05, 4.69) is 0 Å². The highest BCUT2D eigenvalue weighted by molar-refractivity contribution is 5.81. The maximum absolute atomic E-state index is 12.3.